The summed E-state index contributed by atoms with van der Waals surface area (Å²) in [6.45, 7) is 10.7. The molecule has 2 fully saturated rings. The second-order valence-electron chi connectivity index (χ2n) is 12.6. The first-order valence-corrected chi connectivity index (χ1v) is 14.9. The monoisotopic (exact) mass is 584 g/mol. The third kappa shape index (κ3) is 7.18. The summed E-state index contributed by atoms with van der Waals surface area (Å²) in [5.74, 6) is 0.180. The normalized spacial score (nSPS) is 21.1. The zero-order chi connectivity index (χ0) is 30.0. The van der Waals surface area contributed by atoms with E-state index in [0.717, 1.165) is 61.8 Å². The van der Waals surface area contributed by atoms with Crippen molar-refractivity contribution in [1.29, 1.82) is 0 Å². The van der Waals surface area contributed by atoms with Crippen LogP contribution in [0.3, 0.4) is 0 Å². The predicted molar refractivity (Wildman–Crippen MR) is 159 cm³/mol. The van der Waals surface area contributed by atoms with E-state index < -0.39 is 18.1 Å². The Morgan fingerprint density at radius 1 is 1.10 bits per heavy atom. The Bertz CT molecular complexity index is 1360. The number of piperazine rings is 1. The van der Waals surface area contributed by atoms with E-state index in [2.05, 4.69) is 55.2 Å². The molecule has 2 aromatic heterocycles. The van der Waals surface area contributed by atoms with Crippen LogP contribution in [0, 0.1) is 0 Å². The first kappa shape index (κ1) is 30.2. The van der Waals surface area contributed by atoms with Gasteiger partial charge in [0.05, 0.1) is 12.1 Å². The second-order valence-corrected chi connectivity index (χ2v) is 12.6. The molecule has 1 aliphatic carbocycles. The number of rotatable bonds is 7. The Morgan fingerprint density at radius 3 is 2.38 bits per heavy atom. The summed E-state index contributed by atoms with van der Waals surface area (Å²) in [5.41, 5.74) is 3.40. The molecule has 228 valence electrons. The summed E-state index contributed by atoms with van der Waals surface area (Å²) < 4.78 is 34.0. The average molecular weight is 585 g/mol. The van der Waals surface area contributed by atoms with Crippen LogP contribution in [-0.2, 0) is 11.3 Å². The van der Waals surface area contributed by atoms with Gasteiger partial charge in [-0.25, -0.2) is 18.6 Å². The standard InChI is InChI=1S/C31H42F2N6O3/c1-20(27(32)33)35-29-34-17-25-26(19-39(28(25)36-29)23-9-11-24(40)12-10-23)22-7-5-21(6-8-22)18-37-13-15-38(16-14-37)30(41)42-31(2,3)4/h5-8,17,19-20,23-24,27,40H,9-16,18H2,1-4H3,(H,34,35,36)/t20-,23?,24?/m0/s1. The Hall–Kier alpha value is -3.31. The number of anilines is 1. The molecule has 1 saturated heterocycles. The molecule has 11 heteroatoms. The zero-order valence-electron chi connectivity index (χ0n) is 24.9. The van der Waals surface area contributed by atoms with Crippen molar-refractivity contribution in [3.05, 3.63) is 42.2 Å². The summed E-state index contributed by atoms with van der Waals surface area (Å²) in [4.78, 5) is 25.5. The Balaban J connectivity index is 1.32. The van der Waals surface area contributed by atoms with Crippen molar-refractivity contribution in [2.24, 2.45) is 0 Å². The molecule has 2 N–H and O–H groups in total. The molecule has 0 radical (unpaired) electrons. The number of nitrogens with zero attached hydrogens (tertiary/aromatic N) is 5. The van der Waals surface area contributed by atoms with E-state index >= 15 is 0 Å². The van der Waals surface area contributed by atoms with Crippen LogP contribution in [0.5, 0.6) is 0 Å². The molecule has 42 heavy (non-hydrogen) atoms. The molecule has 5 rings (SSSR count). The van der Waals surface area contributed by atoms with Crippen molar-refractivity contribution in [1.82, 2.24) is 24.3 Å². The molecule has 1 amide bonds. The first-order valence-electron chi connectivity index (χ1n) is 14.9. The van der Waals surface area contributed by atoms with Crippen molar-refractivity contribution < 1.29 is 23.4 Å². The third-order valence-corrected chi connectivity index (χ3v) is 8.06. The highest BCUT2D eigenvalue weighted by molar-refractivity contribution is 5.94. The van der Waals surface area contributed by atoms with Gasteiger partial charge in [-0.2, -0.15) is 4.98 Å². The van der Waals surface area contributed by atoms with Crippen LogP contribution >= 0.6 is 0 Å². The van der Waals surface area contributed by atoms with Crippen LogP contribution in [0.2, 0.25) is 0 Å². The van der Waals surface area contributed by atoms with Crippen LogP contribution in [0.4, 0.5) is 19.5 Å². The van der Waals surface area contributed by atoms with E-state index in [9.17, 15) is 18.7 Å². The minimum Gasteiger partial charge on any atom is -0.444 e. The lowest BCUT2D eigenvalue weighted by molar-refractivity contribution is 0.0139. The summed E-state index contributed by atoms with van der Waals surface area (Å²) >= 11 is 0. The minimum absolute atomic E-state index is 0.165. The van der Waals surface area contributed by atoms with Crippen molar-refractivity contribution in [3.8, 4) is 11.1 Å². The average Bonchev–Trinajstić information content (AvgIpc) is 3.32. The SMILES string of the molecule is C[C@H](Nc1ncc2c(-c3ccc(CN4CCN(C(=O)OC(C)(C)C)CC4)cc3)cn(C3CCC(O)CC3)c2n1)C(F)F. The molecular formula is C31H42F2N6O3. The smallest absolute Gasteiger partial charge is 0.410 e. The van der Waals surface area contributed by atoms with Gasteiger partial charge in [-0.3, -0.25) is 4.90 Å². The molecule has 9 nitrogen and oxygen atoms in total. The molecule has 1 atom stereocenters. The van der Waals surface area contributed by atoms with E-state index in [1.54, 1.807) is 11.1 Å². The van der Waals surface area contributed by atoms with Crippen molar-refractivity contribution in [2.75, 3.05) is 31.5 Å². The fourth-order valence-corrected chi connectivity index (χ4v) is 5.67. The summed E-state index contributed by atoms with van der Waals surface area (Å²) in [6.07, 6.45) is 3.82. The second kappa shape index (κ2) is 12.5. The van der Waals surface area contributed by atoms with E-state index in [1.165, 1.54) is 12.5 Å². The Labute approximate surface area is 245 Å². The van der Waals surface area contributed by atoms with E-state index in [4.69, 9.17) is 4.74 Å². The number of ether oxygens (including phenoxy) is 1. The molecule has 1 aliphatic heterocycles. The minimum atomic E-state index is -2.53. The topological polar surface area (TPSA) is 95.8 Å². The van der Waals surface area contributed by atoms with Gasteiger partial charge in [0.2, 0.25) is 5.95 Å². The number of halogens is 2. The zero-order valence-corrected chi connectivity index (χ0v) is 24.9. The quantitative estimate of drug-likeness (QED) is 0.368. The van der Waals surface area contributed by atoms with Crippen LogP contribution in [-0.4, -0.2) is 85.9 Å². The number of aliphatic hydroxyl groups is 1. The number of carbonyl (C=O) groups is 1. The number of aliphatic hydroxyl groups excluding tert-OH is 1. The van der Waals surface area contributed by atoms with Crippen LogP contribution in [0.25, 0.3) is 22.2 Å². The van der Waals surface area contributed by atoms with Gasteiger partial charge in [0, 0.05) is 62.1 Å². The lowest BCUT2D eigenvalue weighted by Crippen LogP contribution is -2.49. The van der Waals surface area contributed by atoms with Crippen molar-refractivity contribution >= 4 is 23.1 Å². The summed E-state index contributed by atoms with van der Waals surface area (Å²) in [6, 6.07) is 7.54. The fraction of sp³-hybridized carbons (Fsp3) is 0.581. The van der Waals surface area contributed by atoms with E-state index in [1.807, 2.05) is 20.8 Å². The van der Waals surface area contributed by atoms with Crippen molar-refractivity contribution in [3.63, 3.8) is 0 Å². The van der Waals surface area contributed by atoms with Gasteiger partial charge < -0.3 is 24.6 Å². The highest BCUT2D eigenvalue weighted by Crippen LogP contribution is 2.37. The van der Waals surface area contributed by atoms with Crippen LogP contribution in [0.15, 0.2) is 36.7 Å². The van der Waals surface area contributed by atoms with Gasteiger partial charge in [-0.05, 0) is 64.5 Å². The maximum atomic E-state index is 13.2. The van der Waals surface area contributed by atoms with Gasteiger partial charge in [-0.15, -0.1) is 0 Å². The third-order valence-electron chi connectivity index (χ3n) is 8.06. The predicted octanol–water partition coefficient (Wildman–Crippen LogP) is 5.69. The number of carbonyl (C=O) groups excluding carboxylic acids is 1. The Kier molecular flexibility index (Phi) is 8.98. The number of nitrogens with one attached hydrogen (secondary N) is 1. The van der Waals surface area contributed by atoms with E-state index in [0.29, 0.717) is 18.7 Å². The summed E-state index contributed by atoms with van der Waals surface area (Å²) in [7, 11) is 0. The Morgan fingerprint density at radius 2 is 1.76 bits per heavy atom. The molecule has 1 aromatic carbocycles. The van der Waals surface area contributed by atoms with Crippen molar-refractivity contribution in [2.45, 2.75) is 90.1 Å². The molecule has 0 spiro atoms. The number of benzene rings is 1. The van der Waals surface area contributed by atoms with Gasteiger partial charge in [0.1, 0.15) is 11.2 Å². The molecule has 0 bridgehead atoms. The maximum Gasteiger partial charge on any atom is 0.410 e. The van der Waals surface area contributed by atoms with Crippen LogP contribution in [0.1, 0.15) is 65.0 Å². The van der Waals surface area contributed by atoms with Crippen LogP contribution < -0.4 is 5.32 Å². The number of amides is 1. The lowest BCUT2D eigenvalue weighted by Gasteiger charge is -2.35. The van der Waals surface area contributed by atoms with E-state index in [-0.39, 0.29) is 24.2 Å². The van der Waals surface area contributed by atoms with Gasteiger partial charge in [-0.1, -0.05) is 24.3 Å². The molecule has 1 saturated carbocycles. The highest BCUT2D eigenvalue weighted by atomic mass is 19.3. The number of aromatic nitrogens is 3. The first-order chi connectivity index (χ1) is 20.0. The van der Waals surface area contributed by atoms with Gasteiger partial charge >= 0.3 is 6.09 Å². The number of alkyl halides is 2. The molecule has 2 aliphatic rings. The highest BCUT2D eigenvalue weighted by Gasteiger charge is 2.27. The molecule has 0 unspecified atom stereocenters. The lowest BCUT2D eigenvalue weighted by atomic mass is 9.93. The largest absolute Gasteiger partial charge is 0.444 e. The molecular weight excluding hydrogens is 542 g/mol. The number of hydrogen-bond donors (Lipinski definition) is 2. The number of hydrogen-bond acceptors (Lipinski definition) is 7. The van der Waals surface area contributed by atoms with Gasteiger partial charge in [0.15, 0.2) is 0 Å². The number of fused-ring (bicyclic) bond motifs is 1. The maximum absolute atomic E-state index is 13.2. The summed E-state index contributed by atoms with van der Waals surface area (Å²) in [5, 5.41) is 13.6. The molecule has 3 heterocycles. The fourth-order valence-electron chi connectivity index (χ4n) is 5.67. The van der Waals surface area contributed by atoms with Gasteiger partial charge in [0.25, 0.3) is 6.43 Å². The molecule has 3 aromatic rings.